The van der Waals surface area contributed by atoms with Crippen LogP contribution in [-0.2, 0) is 0 Å². The highest BCUT2D eigenvalue weighted by Gasteiger charge is 2.19. The van der Waals surface area contributed by atoms with E-state index in [0.717, 1.165) is 30.2 Å². The van der Waals surface area contributed by atoms with Crippen LogP contribution in [0.2, 0.25) is 5.15 Å². The second-order valence-corrected chi connectivity index (χ2v) is 5.52. The average molecular weight is 308 g/mol. The Morgan fingerprint density at radius 2 is 2.15 bits per heavy atom. The number of fused-ring (bicyclic) bond motifs is 1. The quantitative estimate of drug-likeness (QED) is 0.480. The van der Waals surface area contributed by atoms with Crippen molar-refractivity contribution in [3.8, 4) is 5.75 Å². The van der Waals surface area contributed by atoms with E-state index >= 15 is 0 Å². The average Bonchev–Trinajstić information content (AvgIpc) is 2.69. The zero-order chi connectivity index (χ0) is 13.9. The number of para-hydroxylation sites is 2. The molecule has 0 amide bonds. The maximum atomic E-state index is 6.09. The number of nitrogens with zero attached hydrogens (tertiary/aromatic N) is 3. The lowest BCUT2D eigenvalue weighted by Gasteiger charge is -2.23. The summed E-state index contributed by atoms with van der Waals surface area (Å²) < 4.78 is 5.76. The van der Waals surface area contributed by atoms with Crippen LogP contribution in [0.5, 0.6) is 5.75 Å². The van der Waals surface area contributed by atoms with Gasteiger partial charge >= 0.3 is 0 Å². The molecule has 3 rings (SSSR count). The molecule has 0 atom stereocenters. The molecule has 0 saturated carbocycles. The summed E-state index contributed by atoms with van der Waals surface area (Å²) in [4.78, 5) is 10.9. The van der Waals surface area contributed by atoms with Gasteiger partial charge in [-0.2, -0.15) is 0 Å². The predicted molar refractivity (Wildman–Crippen MR) is 82.4 cm³/mol. The van der Waals surface area contributed by atoms with Crippen LogP contribution in [0.25, 0.3) is 0 Å². The Morgan fingerprint density at radius 1 is 1.30 bits per heavy atom. The van der Waals surface area contributed by atoms with Gasteiger partial charge < -0.3 is 9.64 Å². The molecule has 20 heavy (non-hydrogen) atoms. The molecule has 0 fully saturated rings. The lowest BCUT2D eigenvalue weighted by Crippen LogP contribution is -2.19. The number of hydrogen-bond acceptors (Lipinski definition) is 5. The third-order valence-corrected chi connectivity index (χ3v) is 3.80. The Kier molecular flexibility index (Phi) is 3.98. The van der Waals surface area contributed by atoms with Crippen molar-refractivity contribution < 1.29 is 4.74 Å². The van der Waals surface area contributed by atoms with Crippen molar-refractivity contribution in [1.82, 2.24) is 9.97 Å². The molecule has 1 aliphatic rings. The van der Waals surface area contributed by atoms with Crippen LogP contribution >= 0.6 is 23.4 Å². The number of halogens is 1. The van der Waals surface area contributed by atoms with E-state index in [-0.39, 0.29) is 0 Å². The summed E-state index contributed by atoms with van der Waals surface area (Å²) in [6.07, 6.45) is 2.87. The number of rotatable bonds is 2. The third kappa shape index (κ3) is 2.69. The van der Waals surface area contributed by atoms with Crippen LogP contribution in [-0.4, -0.2) is 29.4 Å². The molecule has 0 radical (unpaired) electrons. The third-order valence-electron chi connectivity index (χ3n) is 3.06. The molecule has 6 heteroatoms. The zero-order valence-corrected chi connectivity index (χ0v) is 12.6. The molecular formula is C14H14ClN3OS. The van der Waals surface area contributed by atoms with Gasteiger partial charge in [0.1, 0.15) is 16.7 Å². The van der Waals surface area contributed by atoms with Gasteiger partial charge in [-0.3, -0.25) is 0 Å². The van der Waals surface area contributed by atoms with Crippen LogP contribution in [0, 0.1) is 0 Å². The first kappa shape index (κ1) is 13.5. The Morgan fingerprint density at radius 3 is 3.00 bits per heavy atom. The van der Waals surface area contributed by atoms with E-state index in [2.05, 4.69) is 14.9 Å². The fourth-order valence-corrected chi connectivity index (χ4v) is 2.78. The maximum absolute atomic E-state index is 6.09. The first-order valence-corrected chi connectivity index (χ1v) is 7.96. The van der Waals surface area contributed by atoms with Crippen molar-refractivity contribution >= 4 is 34.9 Å². The van der Waals surface area contributed by atoms with E-state index in [0.29, 0.717) is 16.9 Å². The van der Waals surface area contributed by atoms with E-state index in [4.69, 9.17) is 16.3 Å². The highest BCUT2D eigenvalue weighted by Crippen LogP contribution is 2.35. The lowest BCUT2D eigenvalue weighted by atomic mass is 10.2. The van der Waals surface area contributed by atoms with Gasteiger partial charge in [-0.1, -0.05) is 35.5 Å². The topological polar surface area (TPSA) is 38.2 Å². The van der Waals surface area contributed by atoms with E-state index in [1.165, 1.54) is 11.8 Å². The summed E-state index contributed by atoms with van der Waals surface area (Å²) in [5, 5.41) is 1.14. The molecule has 4 nitrogen and oxygen atoms in total. The fraction of sp³-hybridized carbons (Fsp3) is 0.286. The molecule has 0 spiro atoms. The SMILES string of the molecule is CSc1nc(Cl)cc(N2CCCOc3ccccc32)n1. The second kappa shape index (κ2) is 5.89. The van der Waals surface area contributed by atoms with Gasteiger partial charge in [0.2, 0.25) is 0 Å². The molecule has 104 valence electrons. The van der Waals surface area contributed by atoms with Crippen molar-refractivity contribution in [2.24, 2.45) is 0 Å². The van der Waals surface area contributed by atoms with Gasteiger partial charge in [-0.25, -0.2) is 9.97 Å². The van der Waals surface area contributed by atoms with Crippen molar-refractivity contribution in [1.29, 1.82) is 0 Å². The monoisotopic (exact) mass is 307 g/mol. The van der Waals surface area contributed by atoms with Crippen LogP contribution in [0.3, 0.4) is 0 Å². The van der Waals surface area contributed by atoms with Crippen LogP contribution < -0.4 is 9.64 Å². The number of thioether (sulfide) groups is 1. The Bertz CT molecular complexity index is 623. The molecule has 0 bridgehead atoms. The number of benzene rings is 1. The normalized spacial score (nSPS) is 14.4. The van der Waals surface area contributed by atoms with Crippen molar-refractivity contribution in [3.05, 3.63) is 35.5 Å². The largest absolute Gasteiger partial charge is 0.491 e. The Balaban J connectivity index is 2.07. The standard InChI is InChI=1S/C14H14ClN3OS/c1-20-14-16-12(15)9-13(17-14)18-7-4-8-19-11-6-3-2-5-10(11)18/h2-3,5-6,9H,4,7-8H2,1H3. The number of ether oxygens (including phenoxy) is 1. The number of anilines is 2. The van der Waals surface area contributed by atoms with Gasteiger partial charge in [-0.15, -0.1) is 0 Å². The van der Waals surface area contributed by atoms with E-state index in [9.17, 15) is 0 Å². The molecule has 2 heterocycles. The summed E-state index contributed by atoms with van der Waals surface area (Å²) in [6, 6.07) is 9.78. The first-order chi connectivity index (χ1) is 9.78. The highest BCUT2D eigenvalue weighted by molar-refractivity contribution is 7.98. The van der Waals surface area contributed by atoms with Gasteiger partial charge in [0.05, 0.1) is 12.3 Å². The first-order valence-electron chi connectivity index (χ1n) is 6.36. The minimum atomic E-state index is 0.460. The molecule has 2 aromatic rings. The van der Waals surface area contributed by atoms with Crippen molar-refractivity contribution in [3.63, 3.8) is 0 Å². The molecule has 0 saturated heterocycles. The molecule has 1 aromatic carbocycles. The Hall–Kier alpha value is -1.46. The summed E-state index contributed by atoms with van der Waals surface area (Å²) in [6.45, 7) is 1.56. The highest BCUT2D eigenvalue weighted by atomic mass is 35.5. The zero-order valence-electron chi connectivity index (χ0n) is 11.0. The van der Waals surface area contributed by atoms with Crippen molar-refractivity contribution in [2.75, 3.05) is 24.3 Å². The summed E-state index contributed by atoms with van der Waals surface area (Å²) in [7, 11) is 0. The minimum Gasteiger partial charge on any atom is -0.491 e. The summed E-state index contributed by atoms with van der Waals surface area (Å²) in [5.74, 6) is 1.69. The van der Waals surface area contributed by atoms with E-state index in [1.807, 2.05) is 30.5 Å². The number of aromatic nitrogens is 2. The minimum absolute atomic E-state index is 0.460. The lowest BCUT2D eigenvalue weighted by molar-refractivity contribution is 0.322. The number of hydrogen-bond donors (Lipinski definition) is 0. The van der Waals surface area contributed by atoms with Crippen LogP contribution in [0.15, 0.2) is 35.5 Å². The maximum Gasteiger partial charge on any atom is 0.190 e. The Labute approximate surface area is 127 Å². The molecule has 0 aliphatic carbocycles. The van der Waals surface area contributed by atoms with Crippen LogP contribution in [0.1, 0.15) is 6.42 Å². The smallest absolute Gasteiger partial charge is 0.190 e. The molecular weight excluding hydrogens is 294 g/mol. The van der Waals surface area contributed by atoms with E-state index in [1.54, 1.807) is 6.07 Å². The van der Waals surface area contributed by atoms with E-state index < -0.39 is 0 Å². The molecule has 1 aliphatic heterocycles. The van der Waals surface area contributed by atoms with Gasteiger partial charge in [-0.05, 0) is 24.8 Å². The molecule has 0 unspecified atom stereocenters. The van der Waals surface area contributed by atoms with Gasteiger partial charge in [0, 0.05) is 12.6 Å². The summed E-state index contributed by atoms with van der Waals surface area (Å²) in [5.41, 5.74) is 1.02. The fourth-order valence-electron chi connectivity index (χ4n) is 2.18. The molecule has 0 N–H and O–H groups in total. The second-order valence-electron chi connectivity index (χ2n) is 4.36. The van der Waals surface area contributed by atoms with Gasteiger partial charge in [0.15, 0.2) is 5.16 Å². The van der Waals surface area contributed by atoms with Crippen LogP contribution in [0.4, 0.5) is 11.5 Å². The van der Waals surface area contributed by atoms with Crippen molar-refractivity contribution in [2.45, 2.75) is 11.6 Å². The molecule has 1 aromatic heterocycles. The van der Waals surface area contributed by atoms with Gasteiger partial charge in [0.25, 0.3) is 0 Å². The summed E-state index contributed by atoms with van der Waals surface area (Å²) >= 11 is 7.58. The predicted octanol–water partition coefficient (Wildman–Crippen LogP) is 3.77.